The van der Waals surface area contributed by atoms with Crippen LogP contribution in [-0.2, 0) is 15.6 Å². The molecule has 0 bridgehead atoms. The number of hydrogen-bond acceptors (Lipinski definition) is 6. The fourth-order valence-electron chi connectivity index (χ4n) is 3.12. The number of amides is 1. The molecular formula is C19H16F2N4O4S. The van der Waals surface area contributed by atoms with E-state index in [9.17, 15) is 22.0 Å². The molecule has 1 aliphatic rings. The third-order valence-electron chi connectivity index (χ3n) is 4.76. The Kier molecular flexibility index (Phi) is 4.57. The summed E-state index contributed by atoms with van der Waals surface area (Å²) in [6, 6.07) is 7.40. The van der Waals surface area contributed by atoms with Gasteiger partial charge in [-0.25, -0.2) is 22.2 Å². The van der Waals surface area contributed by atoms with Crippen LogP contribution in [0.2, 0.25) is 0 Å². The predicted molar refractivity (Wildman–Crippen MR) is 106 cm³/mol. The van der Waals surface area contributed by atoms with Crippen LogP contribution in [0.3, 0.4) is 0 Å². The molecule has 0 spiro atoms. The van der Waals surface area contributed by atoms with Crippen molar-refractivity contribution in [3.63, 3.8) is 0 Å². The molecular weight excluding hydrogens is 418 g/mol. The number of anilines is 1. The number of nitrogens with zero attached hydrogens (tertiary/aromatic N) is 3. The van der Waals surface area contributed by atoms with E-state index in [0.29, 0.717) is 0 Å². The molecule has 1 aliphatic heterocycles. The summed E-state index contributed by atoms with van der Waals surface area (Å²) in [6.45, 7) is 1.49. The van der Waals surface area contributed by atoms with Gasteiger partial charge in [-0.2, -0.15) is 0 Å². The predicted octanol–water partition coefficient (Wildman–Crippen LogP) is 2.88. The van der Waals surface area contributed by atoms with E-state index >= 15 is 0 Å². The Bertz CT molecular complexity index is 1310. The number of carbonyl (C=O) groups excluding carboxylic acids is 1. The molecule has 1 amide bonds. The zero-order chi connectivity index (χ0) is 21.7. The van der Waals surface area contributed by atoms with Crippen molar-refractivity contribution in [3.8, 4) is 0 Å². The van der Waals surface area contributed by atoms with Gasteiger partial charge in [0.1, 0.15) is 22.7 Å². The molecule has 3 aromatic rings. The van der Waals surface area contributed by atoms with E-state index in [0.717, 1.165) is 22.8 Å². The smallest absolute Gasteiger partial charge is 0.311 e. The molecule has 0 radical (unpaired) electrons. The second-order valence-electron chi connectivity index (χ2n) is 7.07. The molecule has 0 saturated heterocycles. The lowest BCUT2D eigenvalue weighted by Crippen LogP contribution is -2.43. The standard InChI is InChI=1S/C19H16F2N4O4S/c1-19(9-30(27,28)25(2)10-22-19)13-8-12(4-5-14(13)21)23-17(26)18-24-15-7-11(20)3-6-16(15)29-18/h3-8,10H,9H2,1-2H3,(H,23,26). The number of aromatic nitrogens is 1. The monoisotopic (exact) mass is 434 g/mol. The molecule has 8 nitrogen and oxygen atoms in total. The van der Waals surface area contributed by atoms with Gasteiger partial charge in [-0.15, -0.1) is 0 Å². The lowest BCUT2D eigenvalue weighted by atomic mass is 9.93. The molecule has 4 rings (SSSR count). The maximum Gasteiger partial charge on any atom is 0.311 e. The minimum atomic E-state index is -3.66. The van der Waals surface area contributed by atoms with Crippen LogP contribution in [0.5, 0.6) is 0 Å². The quantitative estimate of drug-likeness (QED) is 0.683. The first-order valence-corrected chi connectivity index (χ1v) is 10.4. The van der Waals surface area contributed by atoms with Crippen LogP contribution in [0.4, 0.5) is 14.5 Å². The average Bonchev–Trinajstić information content (AvgIpc) is 3.09. The summed E-state index contributed by atoms with van der Waals surface area (Å²) in [7, 11) is -2.31. The number of oxazole rings is 1. The Morgan fingerprint density at radius 1 is 1.23 bits per heavy atom. The van der Waals surface area contributed by atoms with Crippen LogP contribution in [0.15, 0.2) is 45.8 Å². The Morgan fingerprint density at radius 2 is 2.00 bits per heavy atom. The van der Waals surface area contributed by atoms with Gasteiger partial charge < -0.3 is 9.73 Å². The number of carbonyl (C=O) groups is 1. The molecule has 1 N–H and O–H groups in total. The Morgan fingerprint density at radius 3 is 2.73 bits per heavy atom. The van der Waals surface area contributed by atoms with Crippen molar-refractivity contribution >= 4 is 39.1 Å². The summed E-state index contributed by atoms with van der Waals surface area (Å²) < 4.78 is 58.6. The van der Waals surface area contributed by atoms with Gasteiger partial charge >= 0.3 is 5.91 Å². The molecule has 0 aliphatic carbocycles. The summed E-state index contributed by atoms with van der Waals surface area (Å²) >= 11 is 0. The molecule has 2 heterocycles. The molecule has 156 valence electrons. The third-order valence-corrected chi connectivity index (χ3v) is 6.65. The first kappa shape index (κ1) is 20.0. The number of aliphatic imine (C=N–C) groups is 1. The van der Waals surface area contributed by atoms with E-state index in [1.807, 2.05) is 0 Å². The van der Waals surface area contributed by atoms with E-state index in [1.165, 1.54) is 38.2 Å². The van der Waals surface area contributed by atoms with Gasteiger partial charge in [-0.3, -0.25) is 14.1 Å². The largest absolute Gasteiger partial charge is 0.432 e. The third kappa shape index (κ3) is 3.52. The number of hydrogen-bond donors (Lipinski definition) is 1. The topological polar surface area (TPSA) is 105 Å². The number of sulfonamides is 1. The van der Waals surface area contributed by atoms with Gasteiger partial charge in [0.05, 0.1) is 12.1 Å². The lowest BCUT2D eigenvalue weighted by Gasteiger charge is -2.32. The van der Waals surface area contributed by atoms with Crippen LogP contribution in [0.1, 0.15) is 23.2 Å². The van der Waals surface area contributed by atoms with Crippen LogP contribution >= 0.6 is 0 Å². The van der Waals surface area contributed by atoms with E-state index in [1.54, 1.807) is 0 Å². The summed E-state index contributed by atoms with van der Waals surface area (Å²) in [5, 5.41) is 2.52. The first-order valence-electron chi connectivity index (χ1n) is 8.76. The SMILES string of the molecule is CN1C=NC(C)(c2cc(NC(=O)c3nc4cc(F)ccc4o3)ccc2F)CS1(=O)=O. The Balaban J connectivity index is 1.64. The van der Waals surface area contributed by atoms with Gasteiger partial charge in [-0.05, 0) is 37.3 Å². The van der Waals surface area contributed by atoms with Crippen molar-refractivity contribution < 1.29 is 26.4 Å². The molecule has 1 atom stereocenters. The average molecular weight is 434 g/mol. The number of fused-ring (bicyclic) bond motifs is 1. The highest BCUT2D eigenvalue weighted by atomic mass is 32.2. The van der Waals surface area contributed by atoms with E-state index in [4.69, 9.17) is 4.42 Å². The fourth-order valence-corrected chi connectivity index (χ4v) is 4.45. The maximum atomic E-state index is 14.5. The van der Waals surface area contributed by atoms with Gasteiger partial charge in [0.15, 0.2) is 5.58 Å². The summed E-state index contributed by atoms with van der Waals surface area (Å²) in [6.07, 6.45) is 1.13. The van der Waals surface area contributed by atoms with Crippen molar-refractivity contribution in [2.45, 2.75) is 12.5 Å². The minimum Gasteiger partial charge on any atom is -0.432 e. The minimum absolute atomic E-state index is 0.00728. The van der Waals surface area contributed by atoms with Crippen LogP contribution in [0, 0.1) is 11.6 Å². The van der Waals surface area contributed by atoms with Crippen molar-refractivity contribution in [1.82, 2.24) is 9.29 Å². The molecule has 11 heteroatoms. The Hall–Kier alpha value is -3.34. The van der Waals surface area contributed by atoms with E-state index in [-0.39, 0.29) is 28.2 Å². The summed E-state index contributed by atoms with van der Waals surface area (Å²) in [4.78, 5) is 20.6. The Labute approximate surface area is 170 Å². The summed E-state index contributed by atoms with van der Waals surface area (Å²) in [5.74, 6) is -2.64. The molecule has 30 heavy (non-hydrogen) atoms. The van der Waals surface area contributed by atoms with Crippen molar-refractivity contribution in [1.29, 1.82) is 0 Å². The lowest BCUT2D eigenvalue weighted by molar-refractivity contribution is 0.0992. The zero-order valence-corrected chi connectivity index (χ0v) is 16.7. The number of halogens is 2. The van der Waals surface area contributed by atoms with Crippen molar-refractivity contribution in [2.24, 2.45) is 4.99 Å². The van der Waals surface area contributed by atoms with Crippen LogP contribution in [-0.4, -0.2) is 42.8 Å². The van der Waals surface area contributed by atoms with Gasteiger partial charge in [-0.1, -0.05) is 0 Å². The highest BCUT2D eigenvalue weighted by Crippen LogP contribution is 2.34. The maximum absolute atomic E-state index is 14.5. The van der Waals surface area contributed by atoms with Crippen molar-refractivity contribution in [3.05, 3.63) is 59.5 Å². The van der Waals surface area contributed by atoms with Gasteiger partial charge in [0.2, 0.25) is 10.0 Å². The van der Waals surface area contributed by atoms with E-state index in [2.05, 4.69) is 15.3 Å². The van der Waals surface area contributed by atoms with Gasteiger partial charge in [0.25, 0.3) is 5.89 Å². The van der Waals surface area contributed by atoms with Crippen LogP contribution < -0.4 is 5.32 Å². The molecule has 1 aromatic heterocycles. The number of benzene rings is 2. The molecule has 0 saturated carbocycles. The van der Waals surface area contributed by atoms with E-state index < -0.39 is 38.9 Å². The fraction of sp³-hybridized carbons (Fsp3) is 0.211. The van der Waals surface area contributed by atoms with Crippen molar-refractivity contribution in [2.75, 3.05) is 18.1 Å². The van der Waals surface area contributed by atoms with Gasteiger partial charge in [0, 0.05) is 24.4 Å². The second kappa shape index (κ2) is 6.87. The second-order valence-corrected chi connectivity index (χ2v) is 9.10. The zero-order valence-electron chi connectivity index (χ0n) is 15.9. The highest BCUT2D eigenvalue weighted by molar-refractivity contribution is 7.89. The molecule has 1 unspecified atom stereocenters. The molecule has 2 aromatic carbocycles. The normalized spacial score (nSPS) is 20.5. The first-order chi connectivity index (χ1) is 14.1. The number of rotatable bonds is 3. The number of nitrogens with one attached hydrogen (secondary N) is 1. The van der Waals surface area contributed by atoms with Crippen LogP contribution in [0.25, 0.3) is 11.1 Å². The highest BCUT2D eigenvalue weighted by Gasteiger charge is 2.39. The summed E-state index contributed by atoms with van der Waals surface area (Å²) in [5.41, 5.74) is -0.755. The molecule has 0 fully saturated rings.